The zero-order valence-corrected chi connectivity index (χ0v) is 16.6. The number of ether oxygens (including phenoxy) is 1. The number of benzene rings is 1. The Bertz CT molecular complexity index is 675. The van der Waals surface area contributed by atoms with Crippen LogP contribution >= 0.6 is 0 Å². The van der Waals surface area contributed by atoms with E-state index in [0.717, 1.165) is 24.1 Å². The highest BCUT2D eigenvalue weighted by atomic mass is 16.5. The van der Waals surface area contributed by atoms with Crippen molar-refractivity contribution < 1.29 is 14.3 Å². The van der Waals surface area contributed by atoms with Crippen LogP contribution in [-0.4, -0.2) is 48.2 Å². The molecule has 1 aliphatic heterocycles. The van der Waals surface area contributed by atoms with Crippen LogP contribution in [-0.2, 0) is 4.74 Å². The number of rotatable bonds is 3. The van der Waals surface area contributed by atoms with Crippen LogP contribution in [0.3, 0.4) is 0 Å². The second-order valence-electron chi connectivity index (χ2n) is 7.93. The van der Waals surface area contributed by atoms with E-state index < -0.39 is 0 Å². The molecule has 1 aromatic carbocycles. The Morgan fingerprint density at radius 3 is 2.37 bits per heavy atom. The molecular formula is C21H31N3O3. The summed E-state index contributed by atoms with van der Waals surface area (Å²) in [4.78, 5) is 26.8. The summed E-state index contributed by atoms with van der Waals surface area (Å²) in [7, 11) is 0. The minimum Gasteiger partial charge on any atom is -0.372 e. The van der Waals surface area contributed by atoms with Gasteiger partial charge in [-0.2, -0.15) is 0 Å². The molecule has 3 rings (SSSR count). The SMILES string of the molecule is Cc1cc(C(=O)NC2CCCCC2)ccc1NC(=O)N1C[C@H](C)O[C@@H](C)C1. The molecule has 2 fully saturated rings. The fourth-order valence-corrected chi connectivity index (χ4v) is 4.00. The Balaban J connectivity index is 1.60. The average Bonchev–Trinajstić information content (AvgIpc) is 2.63. The van der Waals surface area contributed by atoms with Crippen LogP contribution in [0.25, 0.3) is 0 Å². The van der Waals surface area contributed by atoms with Gasteiger partial charge in [0.25, 0.3) is 5.91 Å². The van der Waals surface area contributed by atoms with Gasteiger partial charge in [0.05, 0.1) is 12.2 Å². The quantitative estimate of drug-likeness (QED) is 0.849. The van der Waals surface area contributed by atoms with Crippen LogP contribution in [0.5, 0.6) is 0 Å². The molecule has 2 N–H and O–H groups in total. The summed E-state index contributed by atoms with van der Waals surface area (Å²) in [6, 6.07) is 5.61. The van der Waals surface area contributed by atoms with Crippen molar-refractivity contribution in [3.8, 4) is 0 Å². The van der Waals surface area contributed by atoms with Crippen LogP contribution in [0.2, 0.25) is 0 Å². The fourth-order valence-electron chi connectivity index (χ4n) is 4.00. The molecule has 0 unspecified atom stereocenters. The Morgan fingerprint density at radius 2 is 1.74 bits per heavy atom. The third-order valence-electron chi connectivity index (χ3n) is 5.38. The number of morpholine rings is 1. The third-order valence-corrected chi connectivity index (χ3v) is 5.38. The highest BCUT2D eigenvalue weighted by Crippen LogP contribution is 2.21. The number of amides is 3. The van der Waals surface area contributed by atoms with Crippen molar-refractivity contribution in [2.75, 3.05) is 18.4 Å². The zero-order chi connectivity index (χ0) is 19.4. The molecule has 0 spiro atoms. The molecule has 1 saturated carbocycles. The predicted octanol–water partition coefficient (Wildman–Crippen LogP) is 3.70. The van der Waals surface area contributed by atoms with Crippen LogP contribution in [0.4, 0.5) is 10.5 Å². The van der Waals surface area contributed by atoms with Gasteiger partial charge in [-0.25, -0.2) is 4.79 Å². The molecule has 0 bridgehead atoms. The summed E-state index contributed by atoms with van der Waals surface area (Å²) in [5, 5.41) is 6.10. The standard InChI is InChI=1S/C21H31N3O3/c1-14-11-17(20(25)22-18-7-5-4-6-8-18)9-10-19(14)23-21(26)24-12-15(2)27-16(3)13-24/h9-11,15-16,18H,4-8,12-13H2,1-3H3,(H,22,25)(H,23,26)/t15-,16-/m0/s1. The van der Waals surface area contributed by atoms with Gasteiger partial charge in [0.1, 0.15) is 0 Å². The van der Waals surface area contributed by atoms with Gasteiger partial charge in [-0.1, -0.05) is 19.3 Å². The maximum atomic E-state index is 12.6. The van der Waals surface area contributed by atoms with Gasteiger partial charge in [0.2, 0.25) is 0 Å². The normalized spacial score (nSPS) is 23.7. The summed E-state index contributed by atoms with van der Waals surface area (Å²) in [5.74, 6) is -0.0290. The molecule has 148 valence electrons. The first-order valence-electron chi connectivity index (χ1n) is 10.1. The van der Waals surface area contributed by atoms with Crippen LogP contribution in [0, 0.1) is 6.92 Å². The third kappa shape index (κ3) is 5.22. The molecule has 1 aliphatic carbocycles. The number of aryl methyl sites for hydroxylation is 1. The molecule has 3 amide bonds. The van der Waals surface area contributed by atoms with E-state index in [1.165, 1.54) is 19.3 Å². The highest BCUT2D eigenvalue weighted by molar-refractivity contribution is 5.96. The lowest BCUT2D eigenvalue weighted by Gasteiger charge is -2.35. The summed E-state index contributed by atoms with van der Waals surface area (Å²) >= 11 is 0. The maximum absolute atomic E-state index is 12.6. The Hall–Kier alpha value is -2.08. The van der Waals surface area contributed by atoms with Crippen LogP contribution in [0.15, 0.2) is 18.2 Å². The van der Waals surface area contributed by atoms with Gasteiger partial charge >= 0.3 is 6.03 Å². The second-order valence-corrected chi connectivity index (χ2v) is 7.93. The molecule has 0 radical (unpaired) electrons. The number of anilines is 1. The molecule has 6 nitrogen and oxygen atoms in total. The largest absolute Gasteiger partial charge is 0.372 e. The predicted molar refractivity (Wildman–Crippen MR) is 106 cm³/mol. The van der Waals surface area contributed by atoms with E-state index in [2.05, 4.69) is 10.6 Å². The number of hydrogen-bond acceptors (Lipinski definition) is 3. The van der Waals surface area contributed by atoms with Crippen molar-refractivity contribution in [1.29, 1.82) is 0 Å². The molecule has 2 aliphatic rings. The van der Waals surface area contributed by atoms with Crippen LogP contribution < -0.4 is 10.6 Å². The van der Waals surface area contributed by atoms with Gasteiger partial charge in [0, 0.05) is 30.4 Å². The minimum absolute atomic E-state index is 0.0290. The average molecular weight is 373 g/mol. The van der Waals surface area contributed by atoms with Crippen LogP contribution in [0.1, 0.15) is 61.9 Å². The van der Waals surface area contributed by atoms with E-state index in [1.807, 2.05) is 32.9 Å². The molecule has 2 atom stereocenters. The highest BCUT2D eigenvalue weighted by Gasteiger charge is 2.26. The lowest BCUT2D eigenvalue weighted by Crippen LogP contribution is -2.49. The number of nitrogens with zero attached hydrogens (tertiary/aromatic N) is 1. The molecule has 0 aromatic heterocycles. The van der Waals surface area contributed by atoms with Crippen molar-refractivity contribution in [1.82, 2.24) is 10.2 Å². The van der Waals surface area contributed by atoms with Crippen molar-refractivity contribution in [2.24, 2.45) is 0 Å². The van der Waals surface area contributed by atoms with E-state index in [1.54, 1.807) is 11.0 Å². The zero-order valence-electron chi connectivity index (χ0n) is 16.6. The number of hydrogen-bond donors (Lipinski definition) is 2. The van der Waals surface area contributed by atoms with Crippen molar-refractivity contribution in [3.05, 3.63) is 29.3 Å². The van der Waals surface area contributed by atoms with Gasteiger partial charge in [-0.15, -0.1) is 0 Å². The first-order chi connectivity index (χ1) is 12.9. The summed E-state index contributed by atoms with van der Waals surface area (Å²) < 4.78 is 5.68. The molecular weight excluding hydrogens is 342 g/mol. The summed E-state index contributed by atoms with van der Waals surface area (Å²) in [5.41, 5.74) is 2.26. The van der Waals surface area contributed by atoms with Gasteiger partial charge in [0.15, 0.2) is 0 Å². The van der Waals surface area contributed by atoms with Gasteiger partial charge in [-0.05, 0) is 57.4 Å². The van der Waals surface area contributed by atoms with Gasteiger partial charge in [-0.3, -0.25) is 4.79 Å². The Morgan fingerprint density at radius 1 is 1.07 bits per heavy atom. The second kappa shape index (κ2) is 8.74. The summed E-state index contributed by atoms with van der Waals surface area (Å²) in [6.07, 6.45) is 5.84. The minimum atomic E-state index is -0.125. The molecule has 27 heavy (non-hydrogen) atoms. The topological polar surface area (TPSA) is 70.7 Å². The monoisotopic (exact) mass is 373 g/mol. The molecule has 6 heteroatoms. The smallest absolute Gasteiger partial charge is 0.322 e. The fraction of sp³-hybridized carbons (Fsp3) is 0.619. The van der Waals surface area contributed by atoms with Crippen molar-refractivity contribution in [3.63, 3.8) is 0 Å². The Kier molecular flexibility index (Phi) is 6.37. The number of carbonyl (C=O) groups excluding carboxylic acids is 2. The van der Waals surface area contributed by atoms with E-state index in [4.69, 9.17) is 4.74 Å². The lowest BCUT2D eigenvalue weighted by molar-refractivity contribution is -0.0530. The molecule has 1 saturated heterocycles. The van der Waals surface area contributed by atoms with E-state index in [0.29, 0.717) is 18.7 Å². The van der Waals surface area contributed by atoms with Gasteiger partial charge < -0.3 is 20.3 Å². The molecule has 1 aromatic rings. The number of nitrogens with one attached hydrogen (secondary N) is 2. The lowest BCUT2D eigenvalue weighted by atomic mass is 9.95. The Labute approximate surface area is 161 Å². The maximum Gasteiger partial charge on any atom is 0.322 e. The van der Waals surface area contributed by atoms with Crippen molar-refractivity contribution in [2.45, 2.75) is 71.1 Å². The number of urea groups is 1. The van der Waals surface area contributed by atoms with Crippen molar-refractivity contribution >= 4 is 17.6 Å². The van der Waals surface area contributed by atoms with E-state index in [9.17, 15) is 9.59 Å². The van der Waals surface area contributed by atoms with E-state index >= 15 is 0 Å². The molecule has 1 heterocycles. The summed E-state index contributed by atoms with van der Waals surface area (Å²) in [6.45, 7) is 7.02. The first kappa shape index (κ1) is 19.7. The van der Waals surface area contributed by atoms with E-state index in [-0.39, 0.29) is 30.2 Å². The number of carbonyl (C=O) groups is 2. The first-order valence-corrected chi connectivity index (χ1v) is 10.1.